The first kappa shape index (κ1) is 21.0. The molecule has 0 aliphatic heterocycles. The zero-order valence-corrected chi connectivity index (χ0v) is 17.8. The van der Waals surface area contributed by atoms with Gasteiger partial charge in [-0.15, -0.1) is 11.3 Å². The lowest BCUT2D eigenvalue weighted by Gasteiger charge is -2.06. The monoisotopic (exact) mass is 438 g/mol. The second kappa shape index (κ2) is 9.69. The van der Waals surface area contributed by atoms with Gasteiger partial charge in [0.2, 0.25) is 0 Å². The zero-order chi connectivity index (χ0) is 22.3. The molecule has 1 N–H and O–H groups in total. The highest BCUT2D eigenvalue weighted by molar-refractivity contribution is 7.07. The summed E-state index contributed by atoms with van der Waals surface area (Å²) in [7, 11) is 0. The van der Waals surface area contributed by atoms with Crippen LogP contribution < -0.4 is 20.1 Å². The number of carbonyl (C=O) groups excluding carboxylic acids is 1. The third-order valence-corrected chi connectivity index (χ3v) is 5.76. The number of thiazole rings is 1. The topological polar surface area (TPSA) is 87.8 Å². The van der Waals surface area contributed by atoms with Gasteiger partial charge in [-0.1, -0.05) is 54.6 Å². The summed E-state index contributed by atoms with van der Waals surface area (Å²) < 4.78 is 2.10. The van der Waals surface area contributed by atoms with E-state index in [1.165, 1.54) is 4.57 Å². The number of benzene rings is 2. The van der Waals surface area contributed by atoms with E-state index in [0.29, 0.717) is 10.2 Å². The minimum Gasteiger partial charge on any atom is -0.347 e. The Morgan fingerprint density at radius 1 is 1.06 bits per heavy atom. The van der Waals surface area contributed by atoms with Gasteiger partial charge in [0.05, 0.1) is 10.2 Å². The molecular formula is C25H18N4O2S. The van der Waals surface area contributed by atoms with E-state index in [1.807, 2.05) is 48.5 Å². The SMILES string of the molecule is N#CC(C(=O)NCc1ccccc1)=c1sc(=Cc2cccnc2)c(=O)n1-c1ccccc1. The molecule has 0 saturated carbocycles. The number of para-hydroxylation sites is 1. The molecule has 6 nitrogen and oxygen atoms in total. The highest BCUT2D eigenvalue weighted by Crippen LogP contribution is 2.05. The summed E-state index contributed by atoms with van der Waals surface area (Å²) in [6.45, 7) is 0.278. The third-order valence-electron chi connectivity index (χ3n) is 4.67. The van der Waals surface area contributed by atoms with E-state index in [1.54, 1.807) is 48.8 Å². The van der Waals surface area contributed by atoms with Crippen LogP contribution in [0.25, 0.3) is 17.3 Å². The number of nitriles is 1. The van der Waals surface area contributed by atoms with Crippen molar-refractivity contribution < 1.29 is 4.79 Å². The van der Waals surface area contributed by atoms with Crippen molar-refractivity contribution in [3.05, 3.63) is 116 Å². The van der Waals surface area contributed by atoms with Crippen molar-refractivity contribution in [2.24, 2.45) is 0 Å². The molecule has 2 aromatic carbocycles. The van der Waals surface area contributed by atoms with E-state index in [2.05, 4.69) is 10.3 Å². The molecule has 4 rings (SSSR count). The summed E-state index contributed by atoms with van der Waals surface area (Å²) in [5.41, 5.74) is 1.83. The number of nitrogens with one attached hydrogen (secondary N) is 1. The second-order valence-corrected chi connectivity index (χ2v) is 7.86. The average Bonchev–Trinajstić information content (AvgIpc) is 3.15. The van der Waals surface area contributed by atoms with Crippen LogP contribution in [0.1, 0.15) is 11.1 Å². The highest BCUT2D eigenvalue weighted by atomic mass is 32.1. The lowest BCUT2D eigenvalue weighted by atomic mass is 10.2. The number of carbonyl (C=O) groups is 1. The minimum absolute atomic E-state index is 0.113. The van der Waals surface area contributed by atoms with Crippen LogP contribution >= 0.6 is 11.3 Å². The smallest absolute Gasteiger partial charge is 0.273 e. The van der Waals surface area contributed by atoms with Crippen LogP contribution in [0.3, 0.4) is 0 Å². The fourth-order valence-corrected chi connectivity index (χ4v) is 4.24. The van der Waals surface area contributed by atoms with Crippen molar-refractivity contribution in [2.75, 3.05) is 0 Å². The molecule has 2 heterocycles. The van der Waals surface area contributed by atoms with Crippen LogP contribution in [-0.4, -0.2) is 15.5 Å². The fourth-order valence-electron chi connectivity index (χ4n) is 3.14. The standard InChI is InChI=1S/C25H18N4O2S/c26-15-21(23(30)28-17-18-8-3-1-4-9-18)25-29(20-11-5-2-6-12-20)24(31)22(32-25)14-19-10-7-13-27-16-19/h1-14,16H,17H2,(H,28,30). The fraction of sp³-hybridized carbons (Fsp3) is 0.0400. The van der Waals surface area contributed by atoms with Crippen molar-refractivity contribution in [3.8, 4) is 11.8 Å². The maximum Gasteiger partial charge on any atom is 0.273 e. The van der Waals surface area contributed by atoms with Gasteiger partial charge in [0.1, 0.15) is 10.7 Å². The molecule has 7 heteroatoms. The Balaban J connectivity index is 1.87. The third kappa shape index (κ3) is 4.56. The lowest BCUT2D eigenvalue weighted by Crippen LogP contribution is -2.33. The van der Waals surface area contributed by atoms with Crippen LogP contribution in [0.5, 0.6) is 0 Å². The largest absolute Gasteiger partial charge is 0.347 e. The molecule has 0 bridgehead atoms. The van der Waals surface area contributed by atoms with Crippen molar-refractivity contribution in [1.29, 1.82) is 5.26 Å². The minimum atomic E-state index is -0.532. The molecule has 0 spiro atoms. The van der Waals surface area contributed by atoms with Crippen LogP contribution in [0.2, 0.25) is 0 Å². The Morgan fingerprint density at radius 2 is 1.78 bits per heavy atom. The molecular weight excluding hydrogens is 420 g/mol. The van der Waals surface area contributed by atoms with E-state index in [4.69, 9.17) is 0 Å². The molecule has 0 aliphatic carbocycles. The van der Waals surface area contributed by atoms with Gasteiger partial charge in [-0.05, 0) is 35.4 Å². The van der Waals surface area contributed by atoms with E-state index in [9.17, 15) is 14.9 Å². The second-order valence-electron chi connectivity index (χ2n) is 6.83. The summed E-state index contributed by atoms with van der Waals surface area (Å²) in [6.07, 6.45) is 5.01. The van der Waals surface area contributed by atoms with E-state index < -0.39 is 5.91 Å². The normalized spacial score (nSPS) is 12.2. The van der Waals surface area contributed by atoms with Gasteiger partial charge in [-0.3, -0.25) is 19.1 Å². The van der Waals surface area contributed by atoms with Crippen molar-refractivity contribution in [1.82, 2.24) is 14.9 Å². The quantitative estimate of drug-likeness (QED) is 0.517. The molecule has 0 radical (unpaired) electrons. The Hall–Kier alpha value is -4.28. The molecule has 156 valence electrons. The Morgan fingerprint density at radius 3 is 2.44 bits per heavy atom. The van der Waals surface area contributed by atoms with E-state index in [0.717, 1.165) is 22.5 Å². The summed E-state index contributed by atoms with van der Waals surface area (Å²) in [6, 6.07) is 24.0. The van der Waals surface area contributed by atoms with Gasteiger partial charge >= 0.3 is 0 Å². The number of pyridine rings is 1. The van der Waals surface area contributed by atoms with Crippen LogP contribution in [0, 0.1) is 11.3 Å². The number of hydrogen-bond acceptors (Lipinski definition) is 5. The number of rotatable bonds is 5. The lowest BCUT2D eigenvalue weighted by molar-refractivity contribution is -0.115. The maximum atomic E-state index is 13.3. The molecule has 4 aromatic rings. The number of hydrogen-bond donors (Lipinski definition) is 1. The van der Waals surface area contributed by atoms with Crippen LogP contribution in [0.4, 0.5) is 0 Å². The molecule has 2 aromatic heterocycles. The van der Waals surface area contributed by atoms with E-state index in [-0.39, 0.29) is 22.3 Å². The first-order chi connectivity index (χ1) is 15.7. The molecule has 32 heavy (non-hydrogen) atoms. The molecule has 0 unspecified atom stereocenters. The number of amides is 1. The van der Waals surface area contributed by atoms with Gasteiger partial charge in [0.15, 0.2) is 5.57 Å². The maximum absolute atomic E-state index is 13.3. The van der Waals surface area contributed by atoms with Gasteiger partial charge < -0.3 is 5.32 Å². The number of aromatic nitrogens is 2. The summed E-state index contributed by atoms with van der Waals surface area (Å²) in [5, 5.41) is 12.6. The van der Waals surface area contributed by atoms with Gasteiger partial charge in [-0.2, -0.15) is 5.26 Å². The van der Waals surface area contributed by atoms with Crippen molar-refractivity contribution in [3.63, 3.8) is 0 Å². The molecule has 0 atom stereocenters. The average molecular weight is 439 g/mol. The molecule has 0 fully saturated rings. The predicted octanol–water partition coefficient (Wildman–Crippen LogP) is 2.11. The van der Waals surface area contributed by atoms with Gasteiger partial charge in [0.25, 0.3) is 11.5 Å². The Bertz CT molecular complexity index is 1450. The Kier molecular flexibility index (Phi) is 6.35. The van der Waals surface area contributed by atoms with Crippen LogP contribution in [0.15, 0.2) is 90.0 Å². The predicted molar refractivity (Wildman–Crippen MR) is 124 cm³/mol. The zero-order valence-electron chi connectivity index (χ0n) is 16.9. The summed E-state index contributed by atoms with van der Waals surface area (Å²) in [5.74, 6) is -0.532. The molecule has 1 amide bonds. The Labute approximate surface area is 188 Å². The summed E-state index contributed by atoms with van der Waals surface area (Å²) in [4.78, 5) is 30.3. The summed E-state index contributed by atoms with van der Waals surface area (Å²) >= 11 is 1.11. The van der Waals surface area contributed by atoms with Gasteiger partial charge in [-0.25, -0.2) is 0 Å². The van der Waals surface area contributed by atoms with Crippen molar-refractivity contribution >= 4 is 28.9 Å². The molecule has 0 saturated heterocycles. The first-order valence-corrected chi connectivity index (χ1v) is 10.6. The van der Waals surface area contributed by atoms with Crippen molar-refractivity contribution in [2.45, 2.75) is 6.54 Å². The number of nitrogens with zero attached hydrogens (tertiary/aromatic N) is 3. The highest BCUT2D eigenvalue weighted by Gasteiger charge is 2.16. The first-order valence-electron chi connectivity index (χ1n) is 9.83. The molecule has 0 aliphatic rings. The van der Waals surface area contributed by atoms with Crippen LogP contribution in [-0.2, 0) is 11.3 Å². The van der Waals surface area contributed by atoms with Gasteiger partial charge in [0, 0.05) is 18.9 Å². The van der Waals surface area contributed by atoms with E-state index >= 15 is 0 Å².